The fourth-order valence-electron chi connectivity index (χ4n) is 2.27. The second kappa shape index (κ2) is 13.1. The van der Waals surface area contributed by atoms with E-state index in [2.05, 4.69) is 27.5 Å². The second-order valence-corrected chi connectivity index (χ2v) is 5.77. The normalized spacial score (nSPS) is 11.1. The van der Waals surface area contributed by atoms with Gasteiger partial charge in [0.1, 0.15) is 0 Å². The minimum absolute atomic E-state index is 0. The summed E-state index contributed by atoms with van der Waals surface area (Å²) in [4.78, 5) is 4.06. The van der Waals surface area contributed by atoms with Crippen LogP contribution in [0.25, 0.3) is 0 Å². The third-order valence-electron chi connectivity index (χ3n) is 3.64. The molecule has 0 aliphatic rings. The molecule has 2 aromatic rings. The van der Waals surface area contributed by atoms with Gasteiger partial charge in [-0.15, -0.1) is 24.0 Å². The van der Waals surface area contributed by atoms with Gasteiger partial charge in [0.25, 0.3) is 0 Å². The first kappa shape index (κ1) is 24.8. The minimum Gasteiger partial charge on any atom is -0.375 e. The van der Waals surface area contributed by atoms with Gasteiger partial charge in [-0.1, -0.05) is 48.2 Å². The van der Waals surface area contributed by atoms with Crippen LogP contribution in [0.15, 0.2) is 59.6 Å². The lowest BCUT2D eigenvalue weighted by molar-refractivity contribution is -0.137. The summed E-state index contributed by atoms with van der Waals surface area (Å²) < 4.78 is 43.6. The van der Waals surface area contributed by atoms with Gasteiger partial charge in [-0.2, -0.15) is 13.2 Å². The fourth-order valence-corrected chi connectivity index (χ4v) is 2.27. The van der Waals surface area contributed by atoms with Crippen molar-refractivity contribution in [2.75, 3.05) is 26.7 Å². The van der Waals surface area contributed by atoms with Gasteiger partial charge in [0.05, 0.1) is 25.3 Å². The molecular weight excluding hydrogens is 494 g/mol. The molecule has 0 saturated heterocycles. The third kappa shape index (κ3) is 9.67. The molecule has 0 heterocycles. The predicted octanol–water partition coefficient (Wildman–Crippen LogP) is 4.06. The Kier molecular flexibility index (Phi) is 11.2. The van der Waals surface area contributed by atoms with Crippen LogP contribution in [0.3, 0.4) is 0 Å². The molecule has 0 fully saturated rings. The van der Waals surface area contributed by atoms with Crippen LogP contribution in [-0.4, -0.2) is 32.7 Å². The maximum Gasteiger partial charge on any atom is 0.416 e. The fraction of sp³-hybridized carbons (Fsp3) is 0.286. The summed E-state index contributed by atoms with van der Waals surface area (Å²) in [5.74, 6) is 6.04. The number of benzene rings is 2. The molecule has 8 heteroatoms. The molecule has 0 amide bonds. The number of nitrogens with one attached hydrogen (secondary N) is 2. The largest absolute Gasteiger partial charge is 0.416 e. The number of nitrogens with zero attached hydrogens (tertiary/aromatic N) is 1. The number of aliphatic imine (C=N–C) groups is 1. The Morgan fingerprint density at radius 1 is 1.07 bits per heavy atom. The van der Waals surface area contributed by atoms with E-state index in [9.17, 15) is 13.2 Å². The highest BCUT2D eigenvalue weighted by molar-refractivity contribution is 14.0. The maximum atomic E-state index is 12.7. The summed E-state index contributed by atoms with van der Waals surface area (Å²) in [6, 6.07) is 14.8. The van der Waals surface area contributed by atoms with E-state index in [1.54, 1.807) is 13.1 Å². The van der Waals surface area contributed by atoms with Crippen LogP contribution in [0.1, 0.15) is 16.7 Å². The van der Waals surface area contributed by atoms with Crippen molar-refractivity contribution in [3.05, 3.63) is 71.3 Å². The topological polar surface area (TPSA) is 45.7 Å². The van der Waals surface area contributed by atoms with Crippen molar-refractivity contribution in [1.29, 1.82) is 0 Å². The Morgan fingerprint density at radius 2 is 1.83 bits per heavy atom. The molecule has 2 rings (SSSR count). The Bertz CT molecular complexity index is 830. The number of rotatable bonds is 6. The van der Waals surface area contributed by atoms with E-state index in [-0.39, 0.29) is 30.5 Å². The van der Waals surface area contributed by atoms with E-state index in [0.29, 0.717) is 31.3 Å². The molecule has 0 radical (unpaired) electrons. The van der Waals surface area contributed by atoms with Crippen molar-refractivity contribution < 1.29 is 17.9 Å². The highest BCUT2D eigenvalue weighted by atomic mass is 127. The summed E-state index contributed by atoms with van der Waals surface area (Å²) in [6.45, 7) is 1.86. The van der Waals surface area contributed by atoms with Crippen LogP contribution >= 0.6 is 24.0 Å². The Balaban J connectivity index is 0.00000420. The van der Waals surface area contributed by atoms with Crippen molar-refractivity contribution in [3.63, 3.8) is 0 Å². The molecule has 2 N–H and O–H groups in total. The van der Waals surface area contributed by atoms with E-state index >= 15 is 0 Å². The monoisotopic (exact) mass is 517 g/mol. The summed E-state index contributed by atoms with van der Waals surface area (Å²) in [5.41, 5.74) is 0.712. The number of alkyl halides is 3. The van der Waals surface area contributed by atoms with Gasteiger partial charge in [0, 0.05) is 19.2 Å². The molecule has 0 unspecified atom stereocenters. The molecule has 156 valence electrons. The van der Waals surface area contributed by atoms with Crippen LogP contribution < -0.4 is 10.6 Å². The summed E-state index contributed by atoms with van der Waals surface area (Å²) >= 11 is 0. The van der Waals surface area contributed by atoms with E-state index in [4.69, 9.17) is 4.74 Å². The number of hydrogen-bond donors (Lipinski definition) is 2. The summed E-state index contributed by atoms with van der Waals surface area (Å²) in [5, 5.41) is 6.06. The van der Waals surface area contributed by atoms with Gasteiger partial charge in [0.2, 0.25) is 0 Å². The van der Waals surface area contributed by atoms with Gasteiger partial charge in [0.15, 0.2) is 5.96 Å². The summed E-state index contributed by atoms with van der Waals surface area (Å²) in [6.07, 6.45) is -4.37. The molecular formula is C21H23F3IN3O. The quantitative estimate of drug-likeness (QED) is 0.200. The molecule has 2 aromatic carbocycles. The molecule has 29 heavy (non-hydrogen) atoms. The number of halogens is 4. The zero-order chi connectivity index (χ0) is 20.2. The lowest BCUT2D eigenvalue weighted by Crippen LogP contribution is -2.39. The van der Waals surface area contributed by atoms with Crippen molar-refractivity contribution in [3.8, 4) is 11.8 Å². The SMILES string of the molecule is CN=C(NCC#Cc1cccc(C(F)(F)F)c1)NCCOCc1ccccc1.I. The number of ether oxygens (including phenoxy) is 1. The first-order valence-electron chi connectivity index (χ1n) is 8.71. The molecule has 0 atom stereocenters. The van der Waals surface area contributed by atoms with E-state index in [0.717, 1.165) is 17.7 Å². The van der Waals surface area contributed by atoms with Crippen LogP contribution in [-0.2, 0) is 17.5 Å². The van der Waals surface area contributed by atoms with Crippen molar-refractivity contribution in [2.45, 2.75) is 12.8 Å². The van der Waals surface area contributed by atoms with Crippen LogP contribution in [0, 0.1) is 11.8 Å². The third-order valence-corrected chi connectivity index (χ3v) is 3.64. The number of hydrogen-bond acceptors (Lipinski definition) is 2. The molecule has 0 aliphatic heterocycles. The van der Waals surface area contributed by atoms with Crippen molar-refractivity contribution in [1.82, 2.24) is 10.6 Å². The van der Waals surface area contributed by atoms with E-state index in [1.165, 1.54) is 6.07 Å². The van der Waals surface area contributed by atoms with Crippen LogP contribution in [0.4, 0.5) is 13.2 Å². The van der Waals surface area contributed by atoms with Gasteiger partial charge in [-0.05, 0) is 23.8 Å². The van der Waals surface area contributed by atoms with Gasteiger partial charge in [-0.3, -0.25) is 4.99 Å². The molecule has 0 aliphatic carbocycles. The molecule has 4 nitrogen and oxygen atoms in total. The average molecular weight is 517 g/mol. The van der Waals surface area contributed by atoms with E-state index in [1.807, 2.05) is 30.3 Å². The minimum atomic E-state index is -4.37. The smallest absolute Gasteiger partial charge is 0.375 e. The Morgan fingerprint density at radius 3 is 2.52 bits per heavy atom. The van der Waals surface area contributed by atoms with Gasteiger partial charge < -0.3 is 15.4 Å². The molecule has 0 aromatic heterocycles. The lowest BCUT2D eigenvalue weighted by atomic mass is 10.1. The highest BCUT2D eigenvalue weighted by Gasteiger charge is 2.30. The van der Waals surface area contributed by atoms with Crippen molar-refractivity contribution in [2.24, 2.45) is 4.99 Å². The van der Waals surface area contributed by atoms with Gasteiger partial charge in [-0.25, -0.2) is 0 Å². The second-order valence-electron chi connectivity index (χ2n) is 5.77. The molecule has 0 spiro atoms. The average Bonchev–Trinajstić information content (AvgIpc) is 2.69. The Labute approximate surface area is 186 Å². The van der Waals surface area contributed by atoms with E-state index < -0.39 is 11.7 Å². The first-order chi connectivity index (χ1) is 13.5. The van der Waals surface area contributed by atoms with Crippen molar-refractivity contribution >= 4 is 29.9 Å². The zero-order valence-electron chi connectivity index (χ0n) is 15.9. The predicted molar refractivity (Wildman–Crippen MR) is 119 cm³/mol. The molecule has 0 saturated carbocycles. The molecule has 0 bridgehead atoms. The summed E-state index contributed by atoms with van der Waals surface area (Å²) in [7, 11) is 1.63. The Hall–Kier alpha value is -2.25. The zero-order valence-corrected chi connectivity index (χ0v) is 18.3. The lowest BCUT2D eigenvalue weighted by Gasteiger charge is -2.10. The standard InChI is InChI=1S/C21H22F3N3O.HI/c1-25-20(27-13-14-28-16-18-7-3-2-4-8-18)26-12-6-10-17-9-5-11-19(15-17)21(22,23)24;/h2-5,7-9,11,15H,12-14,16H2,1H3,(H2,25,26,27);1H. The first-order valence-corrected chi connectivity index (χ1v) is 8.71. The number of guanidine groups is 1. The maximum absolute atomic E-state index is 12.7. The van der Waals surface area contributed by atoms with Crippen LogP contribution in [0.2, 0.25) is 0 Å². The van der Waals surface area contributed by atoms with Gasteiger partial charge >= 0.3 is 6.18 Å². The van der Waals surface area contributed by atoms with Crippen LogP contribution in [0.5, 0.6) is 0 Å². The highest BCUT2D eigenvalue weighted by Crippen LogP contribution is 2.29.